The van der Waals surface area contributed by atoms with Crippen LogP contribution in [0.1, 0.15) is 50.7 Å². The van der Waals surface area contributed by atoms with E-state index >= 15 is 0 Å². The molecule has 3 rings (SSSR count). The molecule has 0 unspecified atom stereocenters. The first-order valence-electron chi connectivity index (χ1n) is 11.5. The second-order valence-corrected chi connectivity index (χ2v) is 8.99. The summed E-state index contributed by atoms with van der Waals surface area (Å²) < 4.78 is 0. The van der Waals surface area contributed by atoms with Crippen molar-refractivity contribution in [2.24, 2.45) is 0 Å². The molecule has 4 N–H and O–H groups in total. The Morgan fingerprint density at radius 2 is 1.03 bits per heavy atom. The van der Waals surface area contributed by atoms with E-state index in [0.29, 0.717) is 12.1 Å². The Kier molecular flexibility index (Phi) is 15.3. The fourth-order valence-electron chi connectivity index (χ4n) is 3.73. The molecule has 1 saturated carbocycles. The summed E-state index contributed by atoms with van der Waals surface area (Å²) in [6, 6.07) is 17.5. The smallest absolute Gasteiger partial charge is 0.300 e. The van der Waals surface area contributed by atoms with Gasteiger partial charge in [0.05, 0.1) is 0 Å². The van der Waals surface area contributed by atoms with Crippen LogP contribution in [0.4, 0.5) is 0 Å². The summed E-state index contributed by atoms with van der Waals surface area (Å²) in [6.07, 6.45) is 6.96. The summed E-state index contributed by atoms with van der Waals surface area (Å²) in [5, 5.41) is 24.0. The van der Waals surface area contributed by atoms with Crippen LogP contribution in [-0.4, -0.2) is 47.3 Å². The number of hydrogen-bond donors (Lipinski definition) is 4. The minimum Gasteiger partial charge on any atom is -0.481 e. The van der Waals surface area contributed by atoms with Gasteiger partial charge in [0.1, 0.15) is 0 Å². The van der Waals surface area contributed by atoms with Gasteiger partial charge in [0, 0.05) is 36.0 Å². The fourth-order valence-corrected chi connectivity index (χ4v) is 4.19. The minimum atomic E-state index is -0.833. The van der Waals surface area contributed by atoms with Gasteiger partial charge in [-0.25, -0.2) is 0 Å². The second kappa shape index (κ2) is 17.3. The molecular weight excluding hydrogens is 475 g/mol. The number of carboxylic acid groups (broad SMARTS) is 2. The topological polar surface area (TPSA) is 98.7 Å². The Bertz CT molecular complexity index is 792. The van der Waals surface area contributed by atoms with Gasteiger partial charge >= 0.3 is 0 Å². The number of nitrogens with one attached hydrogen (secondary N) is 2. The highest BCUT2D eigenvalue weighted by molar-refractivity contribution is 6.31. The highest BCUT2D eigenvalue weighted by Gasteiger charge is 2.20. The van der Waals surface area contributed by atoms with Gasteiger partial charge in [-0.1, -0.05) is 59.6 Å². The number of benzene rings is 2. The van der Waals surface area contributed by atoms with Crippen molar-refractivity contribution < 1.29 is 19.8 Å². The molecule has 1 fully saturated rings. The average Bonchev–Trinajstić information content (AvgIpc) is 2.77. The summed E-state index contributed by atoms with van der Waals surface area (Å²) in [5.74, 6) is -1.67. The van der Waals surface area contributed by atoms with Crippen LogP contribution in [-0.2, 0) is 22.4 Å². The van der Waals surface area contributed by atoms with Crippen LogP contribution < -0.4 is 10.6 Å². The van der Waals surface area contributed by atoms with Crippen molar-refractivity contribution in [2.45, 2.75) is 64.5 Å². The van der Waals surface area contributed by atoms with Crippen LogP contribution in [0, 0.1) is 0 Å². The van der Waals surface area contributed by atoms with Crippen LogP contribution >= 0.6 is 23.2 Å². The Labute approximate surface area is 212 Å². The molecule has 8 heteroatoms. The van der Waals surface area contributed by atoms with Crippen LogP contribution in [0.5, 0.6) is 0 Å². The largest absolute Gasteiger partial charge is 0.481 e. The molecule has 2 aromatic rings. The van der Waals surface area contributed by atoms with E-state index in [-0.39, 0.29) is 0 Å². The maximum absolute atomic E-state index is 9.00. The number of carboxylic acids is 2. The SMILES string of the molecule is CC(=O)O.CC(=O)O.Clc1ccccc1CCNC1CCC(NCCc2ccccc2Cl)CC1. The van der Waals surface area contributed by atoms with Crippen LogP contribution in [0.3, 0.4) is 0 Å². The van der Waals surface area contributed by atoms with E-state index in [4.69, 9.17) is 43.0 Å². The number of carbonyl (C=O) groups is 2. The minimum absolute atomic E-state index is 0.638. The standard InChI is InChI=1S/C22H28Cl2N2.2C2H4O2/c23-21-7-3-1-5-17(21)13-15-25-19-9-11-20(12-10-19)26-16-14-18-6-2-4-8-22(18)24;2*1-2(3)4/h1-8,19-20,25-26H,9-16H2;2*1H3,(H,3,4). The highest BCUT2D eigenvalue weighted by Crippen LogP contribution is 2.20. The van der Waals surface area contributed by atoms with E-state index in [9.17, 15) is 0 Å². The first-order chi connectivity index (χ1) is 16.2. The van der Waals surface area contributed by atoms with Gasteiger partial charge in [-0.05, 0) is 74.9 Å². The molecule has 0 saturated heterocycles. The number of aliphatic carboxylic acids is 2. The highest BCUT2D eigenvalue weighted by atomic mass is 35.5. The second-order valence-electron chi connectivity index (χ2n) is 8.18. The monoisotopic (exact) mass is 510 g/mol. The van der Waals surface area contributed by atoms with E-state index < -0.39 is 11.9 Å². The van der Waals surface area contributed by atoms with E-state index in [1.807, 2.05) is 24.3 Å². The van der Waals surface area contributed by atoms with E-state index in [1.54, 1.807) is 0 Å². The van der Waals surface area contributed by atoms with E-state index in [2.05, 4.69) is 34.9 Å². The van der Waals surface area contributed by atoms with Gasteiger partial charge in [0.2, 0.25) is 0 Å². The lowest BCUT2D eigenvalue weighted by Gasteiger charge is -2.30. The lowest BCUT2D eigenvalue weighted by Crippen LogP contribution is -2.41. The molecule has 0 bridgehead atoms. The molecule has 0 aromatic heterocycles. The third-order valence-corrected chi connectivity index (χ3v) is 6.04. The van der Waals surface area contributed by atoms with E-state index in [1.165, 1.54) is 36.8 Å². The maximum Gasteiger partial charge on any atom is 0.300 e. The number of hydrogen-bond acceptors (Lipinski definition) is 4. The third-order valence-electron chi connectivity index (χ3n) is 5.30. The zero-order valence-corrected chi connectivity index (χ0v) is 21.4. The van der Waals surface area contributed by atoms with Crippen molar-refractivity contribution in [3.63, 3.8) is 0 Å². The van der Waals surface area contributed by atoms with Gasteiger partial charge < -0.3 is 20.8 Å². The normalized spacial score (nSPS) is 16.9. The molecule has 34 heavy (non-hydrogen) atoms. The average molecular weight is 511 g/mol. The lowest BCUT2D eigenvalue weighted by atomic mass is 9.91. The van der Waals surface area contributed by atoms with Crippen molar-refractivity contribution in [3.8, 4) is 0 Å². The fraction of sp³-hybridized carbons (Fsp3) is 0.462. The van der Waals surface area contributed by atoms with Crippen molar-refractivity contribution in [3.05, 3.63) is 69.7 Å². The molecule has 0 radical (unpaired) electrons. The Hall–Kier alpha value is -2.12. The Morgan fingerprint density at radius 3 is 1.32 bits per heavy atom. The number of halogens is 2. The van der Waals surface area contributed by atoms with Crippen molar-refractivity contribution in [1.82, 2.24) is 10.6 Å². The lowest BCUT2D eigenvalue weighted by molar-refractivity contribution is -0.135. The van der Waals surface area contributed by atoms with Gasteiger partial charge in [-0.3, -0.25) is 9.59 Å². The predicted octanol–water partition coefficient (Wildman–Crippen LogP) is 5.45. The van der Waals surface area contributed by atoms with E-state index in [0.717, 1.165) is 49.8 Å². The summed E-state index contributed by atoms with van der Waals surface area (Å²) in [7, 11) is 0. The first-order valence-corrected chi connectivity index (χ1v) is 12.3. The van der Waals surface area contributed by atoms with Gasteiger partial charge in [0.15, 0.2) is 0 Å². The van der Waals surface area contributed by atoms with Crippen LogP contribution in [0.15, 0.2) is 48.5 Å². The van der Waals surface area contributed by atoms with Gasteiger partial charge in [-0.2, -0.15) is 0 Å². The zero-order valence-electron chi connectivity index (χ0n) is 19.9. The molecule has 0 spiro atoms. The molecule has 6 nitrogen and oxygen atoms in total. The summed E-state index contributed by atoms with van der Waals surface area (Å²) in [6.45, 7) is 4.16. The molecule has 0 aliphatic heterocycles. The molecule has 2 aromatic carbocycles. The molecule has 0 atom stereocenters. The Balaban J connectivity index is 0.000000629. The summed E-state index contributed by atoms with van der Waals surface area (Å²) >= 11 is 12.4. The molecule has 0 heterocycles. The number of rotatable bonds is 8. The summed E-state index contributed by atoms with van der Waals surface area (Å²) in [5.41, 5.74) is 2.47. The molecule has 0 amide bonds. The first kappa shape index (κ1) is 29.9. The van der Waals surface area contributed by atoms with Gasteiger partial charge in [0.25, 0.3) is 11.9 Å². The Morgan fingerprint density at radius 1 is 0.735 bits per heavy atom. The third kappa shape index (κ3) is 14.2. The molecule has 1 aliphatic carbocycles. The molecule has 188 valence electrons. The van der Waals surface area contributed by atoms with Crippen molar-refractivity contribution in [2.75, 3.05) is 13.1 Å². The zero-order chi connectivity index (χ0) is 25.3. The molecular formula is C26H36Cl2N2O4. The maximum atomic E-state index is 9.00. The quantitative estimate of drug-likeness (QED) is 0.376. The van der Waals surface area contributed by atoms with Crippen molar-refractivity contribution >= 4 is 35.1 Å². The van der Waals surface area contributed by atoms with Gasteiger partial charge in [-0.15, -0.1) is 0 Å². The van der Waals surface area contributed by atoms with Crippen LogP contribution in [0.2, 0.25) is 10.0 Å². The molecule has 1 aliphatic rings. The van der Waals surface area contributed by atoms with Crippen LogP contribution in [0.25, 0.3) is 0 Å². The van der Waals surface area contributed by atoms with Crippen molar-refractivity contribution in [1.29, 1.82) is 0 Å². The summed E-state index contributed by atoms with van der Waals surface area (Å²) in [4.78, 5) is 18.0. The predicted molar refractivity (Wildman–Crippen MR) is 139 cm³/mol.